The number of aromatic nitrogens is 1. The van der Waals surface area contributed by atoms with Crippen molar-refractivity contribution in [1.82, 2.24) is 15.2 Å². The Balaban J connectivity index is 1.32. The van der Waals surface area contributed by atoms with Crippen LogP contribution in [-0.4, -0.2) is 45.0 Å². The topological polar surface area (TPSA) is 91.0 Å². The third kappa shape index (κ3) is 2.71. The SMILES string of the molecule is CN1C(=O)/C(=C/c2ccc3ncoc3c2)NC1=NC12CC3CC(CC(O)(C3)C1)C2. The average Bonchev–Trinajstić information content (AvgIpc) is 3.20. The van der Waals surface area contributed by atoms with Crippen LogP contribution < -0.4 is 5.32 Å². The van der Waals surface area contributed by atoms with Crippen molar-refractivity contribution in [2.24, 2.45) is 16.8 Å². The third-order valence-electron chi connectivity index (χ3n) is 7.11. The minimum Gasteiger partial charge on any atom is -0.443 e. The summed E-state index contributed by atoms with van der Waals surface area (Å²) < 4.78 is 5.36. The van der Waals surface area contributed by atoms with Crippen molar-refractivity contribution >= 4 is 29.0 Å². The normalized spacial score (nSPS) is 38.6. The van der Waals surface area contributed by atoms with E-state index in [-0.39, 0.29) is 11.4 Å². The standard InChI is InChI=1S/C22H24N4O3/c1-26-19(27)17(5-13-2-3-16-18(6-13)29-12-23-16)24-20(26)25-21-7-14-4-15(8-21)10-22(28,9-14)11-21/h2-3,5-6,12,14-15,28H,4,7-11H2,1H3,(H,24,25)/b17-5-. The second-order valence-corrected chi connectivity index (χ2v) is 9.47. The molecule has 0 spiro atoms. The molecule has 7 heteroatoms. The molecule has 1 aromatic heterocycles. The predicted molar refractivity (Wildman–Crippen MR) is 108 cm³/mol. The Morgan fingerprint density at radius 3 is 2.86 bits per heavy atom. The number of oxazole rings is 1. The number of aliphatic imine (C=N–C) groups is 1. The van der Waals surface area contributed by atoms with Crippen LogP contribution in [0.5, 0.6) is 0 Å². The molecule has 150 valence electrons. The third-order valence-corrected chi connectivity index (χ3v) is 7.11. The van der Waals surface area contributed by atoms with Gasteiger partial charge in [0.15, 0.2) is 12.0 Å². The number of likely N-dealkylation sites (N-methyl/N-ethyl adjacent to an activating group) is 1. The lowest BCUT2D eigenvalue weighted by molar-refractivity contribution is -0.132. The molecule has 7 nitrogen and oxygen atoms in total. The first-order valence-electron chi connectivity index (χ1n) is 10.3. The van der Waals surface area contributed by atoms with Crippen molar-refractivity contribution < 1.29 is 14.3 Å². The fourth-order valence-electron chi connectivity index (χ4n) is 6.39. The van der Waals surface area contributed by atoms with Crippen molar-refractivity contribution in [2.75, 3.05) is 7.05 Å². The van der Waals surface area contributed by atoms with Crippen LogP contribution in [0.4, 0.5) is 0 Å². The maximum Gasteiger partial charge on any atom is 0.276 e. The van der Waals surface area contributed by atoms with Gasteiger partial charge < -0.3 is 14.8 Å². The lowest BCUT2D eigenvalue weighted by Crippen LogP contribution is -2.58. The highest BCUT2D eigenvalue weighted by Gasteiger charge is 2.57. The molecule has 4 aliphatic carbocycles. The molecule has 2 atom stereocenters. The van der Waals surface area contributed by atoms with Crippen molar-refractivity contribution in [1.29, 1.82) is 0 Å². The average molecular weight is 392 g/mol. The predicted octanol–water partition coefficient (Wildman–Crippen LogP) is 2.67. The zero-order valence-electron chi connectivity index (χ0n) is 16.4. The molecule has 2 aromatic rings. The molecule has 0 radical (unpaired) electrons. The van der Waals surface area contributed by atoms with Crippen molar-refractivity contribution in [2.45, 2.75) is 49.7 Å². The van der Waals surface area contributed by atoms with Gasteiger partial charge in [-0.3, -0.25) is 9.69 Å². The number of amides is 1. The van der Waals surface area contributed by atoms with Crippen LogP contribution in [0.15, 0.2) is 39.7 Å². The Kier molecular flexibility index (Phi) is 3.38. The summed E-state index contributed by atoms with van der Waals surface area (Å²) in [6.07, 6.45) is 9.00. The number of fused-ring (bicyclic) bond motifs is 1. The summed E-state index contributed by atoms with van der Waals surface area (Å²) >= 11 is 0. The van der Waals surface area contributed by atoms with E-state index in [2.05, 4.69) is 10.3 Å². The van der Waals surface area contributed by atoms with E-state index in [0.717, 1.165) is 36.8 Å². The molecule has 5 aliphatic rings. The fourth-order valence-corrected chi connectivity index (χ4v) is 6.39. The van der Waals surface area contributed by atoms with Gasteiger partial charge in [-0.05, 0) is 67.7 Å². The molecule has 1 aromatic carbocycles. The Morgan fingerprint density at radius 2 is 2.10 bits per heavy atom. The van der Waals surface area contributed by atoms with E-state index in [9.17, 15) is 9.90 Å². The number of guanidine groups is 1. The minimum absolute atomic E-state index is 0.107. The Labute approximate surface area is 168 Å². The Morgan fingerprint density at radius 1 is 1.31 bits per heavy atom. The van der Waals surface area contributed by atoms with E-state index in [1.54, 1.807) is 11.9 Å². The van der Waals surface area contributed by atoms with Gasteiger partial charge in [-0.25, -0.2) is 9.98 Å². The summed E-state index contributed by atoms with van der Waals surface area (Å²) in [6, 6.07) is 5.66. The number of aliphatic hydroxyl groups is 1. The van der Waals surface area contributed by atoms with Crippen LogP contribution in [0.25, 0.3) is 17.2 Å². The van der Waals surface area contributed by atoms with E-state index < -0.39 is 5.60 Å². The molecular weight excluding hydrogens is 368 g/mol. The van der Waals surface area contributed by atoms with Gasteiger partial charge in [0.25, 0.3) is 5.91 Å². The Bertz CT molecular complexity index is 1070. The monoisotopic (exact) mass is 392 g/mol. The highest BCUT2D eigenvalue weighted by Crippen LogP contribution is 2.59. The molecule has 7 rings (SSSR count). The van der Waals surface area contributed by atoms with E-state index in [0.29, 0.717) is 35.5 Å². The zero-order chi connectivity index (χ0) is 19.8. The van der Waals surface area contributed by atoms with Gasteiger partial charge in [-0.15, -0.1) is 0 Å². The number of benzene rings is 1. The smallest absolute Gasteiger partial charge is 0.276 e. The molecule has 29 heavy (non-hydrogen) atoms. The molecule has 2 unspecified atom stereocenters. The highest BCUT2D eigenvalue weighted by molar-refractivity contribution is 6.15. The first-order chi connectivity index (χ1) is 13.9. The molecule has 1 amide bonds. The number of rotatable bonds is 2. The fraction of sp³-hybridized carbons (Fsp3) is 0.500. The number of carbonyl (C=O) groups is 1. The van der Waals surface area contributed by atoms with Crippen LogP contribution in [0.2, 0.25) is 0 Å². The zero-order valence-corrected chi connectivity index (χ0v) is 16.4. The van der Waals surface area contributed by atoms with Crippen LogP contribution >= 0.6 is 0 Å². The molecule has 2 heterocycles. The van der Waals surface area contributed by atoms with Crippen LogP contribution in [-0.2, 0) is 4.79 Å². The maximum absolute atomic E-state index is 12.8. The van der Waals surface area contributed by atoms with Crippen LogP contribution in [0, 0.1) is 11.8 Å². The second kappa shape index (κ2) is 5.69. The molecule has 4 saturated carbocycles. The number of nitrogens with one attached hydrogen (secondary N) is 1. The molecule has 4 bridgehead atoms. The summed E-state index contributed by atoms with van der Waals surface area (Å²) in [5.41, 5.74) is 2.02. The number of nitrogens with zero attached hydrogens (tertiary/aromatic N) is 3. The molecule has 5 fully saturated rings. The van der Waals surface area contributed by atoms with Crippen LogP contribution in [0.3, 0.4) is 0 Å². The van der Waals surface area contributed by atoms with Gasteiger partial charge in [0, 0.05) is 13.5 Å². The van der Waals surface area contributed by atoms with Gasteiger partial charge in [0.2, 0.25) is 5.96 Å². The Hall–Kier alpha value is -2.67. The van der Waals surface area contributed by atoms with E-state index in [4.69, 9.17) is 9.41 Å². The van der Waals surface area contributed by atoms with E-state index in [1.165, 1.54) is 12.8 Å². The van der Waals surface area contributed by atoms with Gasteiger partial charge in [0.05, 0.1) is 11.1 Å². The first-order valence-corrected chi connectivity index (χ1v) is 10.3. The number of carbonyl (C=O) groups excluding carboxylic acids is 1. The van der Waals surface area contributed by atoms with Gasteiger partial charge >= 0.3 is 0 Å². The molecular formula is C22H24N4O3. The summed E-state index contributed by atoms with van der Waals surface area (Å²) in [6.45, 7) is 0. The lowest BCUT2D eigenvalue weighted by atomic mass is 9.51. The summed E-state index contributed by atoms with van der Waals surface area (Å²) in [5, 5.41) is 14.2. The number of hydrogen-bond acceptors (Lipinski definition) is 5. The summed E-state index contributed by atoms with van der Waals surface area (Å²) in [5.74, 6) is 1.59. The molecule has 2 N–H and O–H groups in total. The highest BCUT2D eigenvalue weighted by atomic mass is 16.3. The quantitative estimate of drug-likeness (QED) is 0.767. The minimum atomic E-state index is -0.569. The first kappa shape index (κ1) is 17.2. The van der Waals surface area contributed by atoms with Crippen molar-refractivity contribution in [3.63, 3.8) is 0 Å². The van der Waals surface area contributed by atoms with Crippen molar-refractivity contribution in [3.05, 3.63) is 35.9 Å². The number of hydrogen-bond donors (Lipinski definition) is 2. The van der Waals surface area contributed by atoms with E-state index in [1.807, 2.05) is 24.3 Å². The van der Waals surface area contributed by atoms with Crippen LogP contribution in [0.1, 0.15) is 44.1 Å². The van der Waals surface area contributed by atoms with E-state index >= 15 is 0 Å². The summed E-state index contributed by atoms with van der Waals surface area (Å²) in [4.78, 5) is 23.6. The van der Waals surface area contributed by atoms with Crippen molar-refractivity contribution in [3.8, 4) is 0 Å². The maximum atomic E-state index is 12.8. The lowest BCUT2D eigenvalue weighted by Gasteiger charge is -2.58. The second-order valence-electron chi connectivity index (χ2n) is 9.47. The largest absolute Gasteiger partial charge is 0.443 e. The molecule has 1 saturated heterocycles. The van der Waals surface area contributed by atoms with Gasteiger partial charge in [-0.1, -0.05) is 6.07 Å². The molecule has 1 aliphatic heterocycles. The summed E-state index contributed by atoms with van der Waals surface area (Å²) in [7, 11) is 1.75. The van der Waals surface area contributed by atoms with Gasteiger partial charge in [-0.2, -0.15) is 0 Å². The van der Waals surface area contributed by atoms with Gasteiger partial charge in [0.1, 0.15) is 11.2 Å².